The van der Waals surface area contributed by atoms with Crippen LogP contribution in [0, 0.1) is 5.92 Å². The highest BCUT2D eigenvalue weighted by Crippen LogP contribution is 2.01. The monoisotopic (exact) mass is 202 g/mol. The number of carbonyl (C=O) groups excluding carboxylic acids is 1. The van der Waals surface area contributed by atoms with Gasteiger partial charge in [-0.3, -0.25) is 0 Å². The first kappa shape index (κ1) is 12.7. The van der Waals surface area contributed by atoms with Crippen molar-refractivity contribution in [3.63, 3.8) is 0 Å². The minimum Gasteiger partial charge on any atom is -0.480 e. The maximum atomic E-state index is 11.2. The molecular formula is C9H18N2O3. The average molecular weight is 202 g/mol. The molecule has 0 saturated carbocycles. The van der Waals surface area contributed by atoms with E-state index in [1.165, 1.54) is 0 Å². The number of carbonyl (C=O) groups is 2. The van der Waals surface area contributed by atoms with E-state index in [4.69, 9.17) is 5.11 Å². The van der Waals surface area contributed by atoms with Crippen LogP contribution in [-0.2, 0) is 4.79 Å². The second-order valence-corrected chi connectivity index (χ2v) is 3.83. The number of amides is 2. The number of carboxylic acid groups (broad SMARTS) is 1. The molecule has 0 aromatic heterocycles. The lowest BCUT2D eigenvalue weighted by molar-refractivity contribution is -0.140. The number of urea groups is 1. The molecule has 0 saturated heterocycles. The van der Waals surface area contributed by atoms with Crippen molar-refractivity contribution in [2.24, 2.45) is 5.92 Å². The molecule has 0 aliphatic heterocycles. The Bertz CT molecular complexity index is 214. The van der Waals surface area contributed by atoms with E-state index in [-0.39, 0.29) is 12.0 Å². The molecule has 0 aliphatic carbocycles. The van der Waals surface area contributed by atoms with E-state index in [0.717, 1.165) is 0 Å². The Morgan fingerprint density at radius 3 is 1.86 bits per heavy atom. The molecule has 5 heteroatoms. The van der Waals surface area contributed by atoms with Gasteiger partial charge in [-0.2, -0.15) is 0 Å². The summed E-state index contributed by atoms with van der Waals surface area (Å²) in [5.41, 5.74) is 0. The molecule has 1 atom stereocenters. The van der Waals surface area contributed by atoms with E-state index < -0.39 is 18.0 Å². The Morgan fingerprint density at radius 1 is 1.07 bits per heavy atom. The van der Waals surface area contributed by atoms with Crippen molar-refractivity contribution in [2.75, 3.05) is 0 Å². The Balaban J connectivity index is 4.17. The zero-order chi connectivity index (χ0) is 11.3. The molecule has 0 aliphatic rings. The highest BCUT2D eigenvalue weighted by molar-refractivity contribution is 5.82. The minimum absolute atomic E-state index is 0.00314. The van der Waals surface area contributed by atoms with Crippen LogP contribution in [0.3, 0.4) is 0 Å². The van der Waals surface area contributed by atoms with Crippen molar-refractivity contribution in [1.29, 1.82) is 0 Å². The number of hydrogen-bond donors (Lipinski definition) is 3. The second-order valence-electron chi connectivity index (χ2n) is 3.83. The van der Waals surface area contributed by atoms with Crippen LogP contribution in [0.1, 0.15) is 27.7 Å². The fourth-order valence-corrected chi connectivity index (χ4v) is 0.959. The standard InChI is InChI=1S/C9H18N2O3/c1-5(2)7(8(12)13)11-9(14)10-6(3)4/h5-7H,1-4H3,(H,12,13)(H2,10,11,14)/t7-/m1/s1. The van der Waals surface area contributed by atoms with Gasteiger partial charge in [0.15, 0.2) is 0 Å². The first-order valence-corrected chi connectivity index (χ1v) is 4.64. The van der Waals surface area contributed by atoms with Crippen molar-refractivity contribution in [1.82, 2.24) is 10.6 Å². The number of aliphatic carboxylic acids is 1. The van der Waals surface area contributed by atoms with Crippen molar-refractivity contribution in [3.8, 4) is 0 Å². The van der Waals surface area contributed by atoms with E-state index in [1.54, 1.807) is 13.8 Å². The summed E-state index contributed by atoms with van der Waals surface area (Å²) in [6.45, 7) is 7.11. The lowest BCUT2D eigenvalue weighted by atomic mass is 10.1. The third-order valence-corrected chi connectivity index (χ3v) is 1.64. The number of nitrogens with one attached hydrogen (secondary N) is 2. The molecule has 0 radical (unpaired) electrons. The van der Waals surface area contributed by atoms with Gasteiger partial charge in [-0.25, -0.2) is 9.59 Å². The SMILES string of the molecule is CC(C)NC(=O)N[C@@H](C(=O)O)C(C)C. The summed E-state index contributed by atoms with van der Waals surface area (Å²) in [7, 11) is 0. The largest absolute Gasteiger partial charge is 0.480 e. The van der Waals surface area contributed by atoms with Crippen molar-refractivity contribution >= 4 is 12.0 Å². The summed E-state index contributed by atoms with van der Waals surface area (Å²) >= 11 is 0. The lowest BCUT2D eigenvalue weighted by Crippen LogP contribution is -2.50. The van der Waals surface area contributed by atoms with Crippen LogP contribution in [0.4, 0.5) is 4.79 Å². The number of carboxylic acids is 1. The highest BCUT2D eigenvalue weighted by Gasteiger charge is 2.23. The predicted molar refractivity (Wildman–Crippen MR) is 53.1 cm³/mol. The van der Waals surface area contributed by atoms with Crippen LogP contribution in [0.5, 0.6) is 0 Å². The quantitative estimate of drug-likeness (QED) is 0.631. The normalized spacial score (nSPS) is 12.7. The molecule has 0 bridgehead atoms. The van der Waals surface area contributed by atoms with Gasteiger partial charge in [0, 0.05) is 6.04 Å². The molecule has 0 rings (SSSR count). The predicted octanol–water partition coefficient (Wildman–Crippen LogP) is 0.803. The third kappa shape index (κ3) is 4.69. The summed E-state index contributed by atoms with van der Waals surface area (Å²) < 4.78 is 0. The summed E-state index contributed by atoms with van der Waals surface area (Å²) in [4.78, 5) is 21.9. The fraction of sp³-hybridized carbons (Fsp3) is 0.778. The van der Waals surface area contributed by atoms with Gasteiger partial charge in [-0.15, -0.1) is 0 Å². The van der Waals surface area contributed by atoms with Gasteiger partial charge < -0.3 is 15.7 Å². The van der Waals surface area contributed by atoms with Crippen LogP contribution in [-0.4, -0.2) is 29.2 Å². The molecule has 14 heavy (non-hydrogen) atoms. The molecule has 3 N–H and O–H groups in total. The lowest BCUT2D eigenvalue weighted by Gasteiger charge is -2.19. The smallest absolute Gasteiger partial charge is 0.326 e. The zero-order valence-corrected chi connectivity index (χ0v) is 9.00. The molecular weight excluding hydrogens is 184 g/mol. The number of hydrogen-bond acceptors (Lipinski definition) is 2. The van der Waals surface area contributed by atoms with Gasteiger partial charge in [0.2, 0.25) is 0 Å². The van der Waals surface area contributed by atoms with E-state index in [9.17, 15) is 9.59 Å². The second kappa shape index (κ2) is 5.47. The molecule has 0 spiro atoms. The molecule has 0 aromatic rings. The molecule has 0 unspecified atom stereocenters. The molecule has 0 heterocycles. The average Bonchev–Trinajstić information content (AvgIpc) is 1.97. The number of rotatable bonds is 4. The summed E-state index contributed by atoms with van der Waals surface area (Å²) in [5, 5.41) is 13.8. The van der Waals surface area contributed by atoms with Crippen molar-refractivity contribution in [3.05, 3.63) is 0 Å². The van der Waals surface area contributed by atoms with E-state index in [1.807, 2.05) is 13.8 Å². The Morgan fingerprint density at radius 2 is 1.57 bits per heavy atom. The first-order chi connectivity index (χ1) is 6.34. The van der Waals surface area contributed by atoms with E-state index >= 15 is 0 Å². The van der Waals surface area contributed by atoms with Gasteiger partial charge >= 0.3 is 12.0 Å². The minimum atomic E-state index is -1.01. The van der Waals surface area contributed by atoms with Gasteiger partial charge in [-0.1, -0.05) is 13.8 Å². The van der Waals surface area contributed by atoms with E-state index in [2.05, 4.69) is 10.6 Å². The Hall–Kier alpha value is -1.26. The molecule has 0 fully saturated rings. The zero-order valence-electron chi connectivity index (χ0n) is 9.00. The fourth-order valence-electron chi connectivity index (χ4n) is 0.959. The Kier molecular flexibility index (Phi) is 4.97. The van der Waals surface area contributed by atoms with Gasteiger partial charge in [0.25, 0.3) is 0 Å². The topological polar surface area (TPSA) is 78.4 Å². The Labute approximate surface area is 83.9 Å². The van der Waals surface area contributed by atoms with Crippen LogP contribution >= 0.6 is 0 Å². The van der Waals surface area contributed by atoms with Gasteiger partial charge in [0.05, 0.1) is 0 Å². The molecule has 0 aromatic carbocycles. The van der Waals surface area contributed by atoms with Crippen LogP contribution in [0.2, 0.25) is 0 Å². The van der Waals surface area contributed by atoms with Crippen LogP contribution < -0.4 is 10.6 Å². The third-order valence-electron chi connectivity index (χ3n) is 1.64. The molecule has 2 amide bonds. The van der Waals surface area contributed by atoms with Gasteiger partial charge in [0.1, 0.15) is 6.04 Å². The van der Waals surface area contributed by atoms with Crippen LogP contribution in [0.15, 0.2) is 0 Å². The highest BCUT2D eigenvalue weighted by atomic mass is 16.4. The maximum Gasteiger partial charge on any atom is 0.326 e. The van der Waals surface area contributed by atoms with Gasteiger partial charge in [-0.05, 0) is 19.8 Å². The van der Waals surface area contributed by atoms with Crippen molar-refractivity contribution in [2.45, 2.75) is 39.8 Å². The summed E-state index contributed by atoms with van der Waals surface area (Å²) in [6.07, 6.45) is 0. The van der Waals surface area contributed by atoms with Crippen LogP contribution in [0.25, 0.3) is 0 Å². The molecule has 82 valence electrons. The summed E-state index contributed by atoms with van der Waals surface area (Å²) in [5.74, 6) is -1.15. The maximum absolute atomic E-state index is 11.2. The summed E-state index contributed by atoms with van der Waals surface area (Å²) in [6, 6.07) is -1.29. The van der Waals surface area contributed by atoms with Crippen molar-refractivity contribution < 1.29 is 14.7 Å². The van der Waals surface area contributed by atoms with E-state index in [0.29, 0.717) is 0 Å². The molecule has 5 nitrogen and oxygen atoms in total. The first-order valence-electron chi connectivity index (χ1n) is 4.64.